The van der Waals surface area contributed by atoms with Crippen molar-refractivity contribution >= 4 is 29.0 Å². The summed E-state index contributed by atoms with van der Waals surface area (Å²) < 4.78 is 13.4. The summed E-state index contributed by atoms with van der Waals surface area (Å²) in [6.45, 7) is 6.05. The highest BCUT2D eigenvalue weighted by molar-refractivity contribution is 7.80. The van der Waals surface area contributed by atoms with Crippen LogP contribution in [0.15, 0.2) is 66.9 Å². The number of aromatic carboxylic acids is 1. The lowest BCUT2D eigenvalue weighted by Crippen LogP contribution is -2.30. The Morgan fingerprint density at radius 2 is 1.79 bits per heavy atom. The predicted molar refractivity (Wildman–Crippen MR) is 154 cm³/mol. The summed E-state index contributed by atoms with van der Waals surface area (Å²) in [6.07, 6.45) is 1.77. The molecule has 1 fully saturated rings. The van der Waals surface area contributed by atoms with Crippen molar-refractivity contribution in [3.05, 3.63) is 101 Å². The molecule has 5 rings (SSSR count). The van der Waals surface area contributed by atoms with E-state index in [1.165, 1.54) is 0 Å². The lowest BCUT2D eigenvalue weighted by molar-refractivity contribution is 0.0697. The molecule has 2 aromatic carbocycles. The van der Waals surface area contributed by atoms with Gasteiger partial charge >= 0.3 is 5.97 Å². The number of carbonyl (C=O) groups is 1. The van der Waals surface area contributed by atoms with Crippen LogP contribution in [-0.4, -0.2) is 40.0 Å². The number of aryl methyl sites for hydroxylation is 2. The Morgan fingerprint density at radius 3 is 2.46 bits per heavy atom. The number of ether oxygens (including phenoxy) is 2. The van der Waals surface area contributed by atoms with E-state index in [0.717, 1.165) is 39.6 Å². The van der Waals surface area contributed by atoms with Gasteiger partial charge in [0, 0.05) is 29.3 Å². The highest BCUT2D eigenvalue weighted by Crippen LogP contribution is 2.47. The minimum absolute atomic E-state index is 0.238. The number of hydrogen-bond donors (Lipinski definition) is 2. The molecule has 0 saturated carbocycles. The van der Waals surface area contributed by atoms with Gasteiger partial charge in [-0.2, -0.15) is 0 Å². The smallest absolute Gasteiger partial charge is 0.335 e. The van der Waals surface area contributed by atoms with Gasteiger partial charge < -0.3 is 29.4 Å². The first kappa shape index (κ1) is 26.2. The van der Waals surface area contributed by atoms with Crippen LogP contribution in [0.2, 0.25) is 0 Å². The van der Waals surface area contributed by atoms with E-state index in [-0.39, 0.29) is 17.6 Å². The van der Waals surface area contributed by atoms with Gasteiger partial charge in [-0.3, -0.25) is 4.98 Å². The van der Waals surface area contributed by atoms with E-state index < -0.39 is 5.97 Å². The molecule has 39 heavy (non-hydrogen) atoms. The van der Waals surface area contributed by atoms with Crippen molar-refractivity contribution in [2.45, 2.75) is 32.9 Å². The second kappa shape index (κ2) is 10.4. The molecule has 2 atom stereocenters. The van der Waals surface area contributed by atoms with Gasteiger partial charge in [0.25, 0.3) is 0 Å². The van der Waals surface area contributed by atoms with Gasteiger partial charge in [0.15, 0.2) is 5.11 Å². The fraction of sp³-hybridized carbons (Fsp3) is 0.233. The quantitative estimate of drug-likeness (QED) is 0.288. The molecule has 1 saturated heterocycles. The fourth-order valence-electron chi connectivity index (χ4n) is 5.36. The highest BCUT2D eigenvalue weighted by atomic mass is 32.1. The Hall–Kier alpha value is -4.37. The molecular formula is C30H30N4O4S. The number of carboxylic acids is 1. The normalized spacial score (nSPS) is 16.7. The van der Waals surface area contributed by atoms with Crippen LogP contribution < -0.4 is 19.7 Å². The molecule has 4 aromatic rings. The topological polar surface area (TPSA) is 88.9 Å². The first-order valence-corrected chi connectivity index (χ1v) is 12.9. The molecule has 0 unspecified atom stereocenters. The minimum atomic E-state index is -0.962. The average molecular weight is 543 g/mol. The fourth-order valence-corrected chi connectivity index (χ4v) is 5.70. The number of pyridine rings is 1. The Bertz CT molecular complexity index is 1570. The molecule has 0 radical (unpaired) electrons. The standard InChI is InChI=1S/C30H30N4O4S/c1-17-9-10-20(29(35)36)15-24(17)33-18(2)14-22(19(33)3)28-27(23-8-6-7-13-31-23)32-30(39)34(28)25-16-21(37-4)11-12-26(25)38-5/h6-16,27-28H,1-5H3,(H,32,39)(H,35,36)/t27-,28-/m0/s1. The second-order valence-corrected chi connectivity index (χ2v) is 9.89. The lowest BCUT2D eigenvalue weighted by Gasteiger charge is -2.29. The van der Waals surface area contributed by atoms with Crippen LogP contribution in [0.3, 0.4) is 0 Å². The van der Waals surface area contributed by atoms with Crippen molar-refractivity contribution < 1.29 is 19.4 Å². The van der Waals surface area contributed by atoms with E-state index in [4.69, 9.17) is 21.7 Å². The maximum absolute atomic E-state index is 11.8. The van der Waals surface area contributed by atoms with Gasteiger partial charge in [0.2, 0.25) is 0 Å². The van der Waals surface area contributed by atoms with Gasteiger partial charge in [-0.25, -0.2) is 4.79 Å². The Labute approximate surface area is 232 Å². The van der Waals surface area contributed by atoms with Crippen LogP contribution in [0.25, 0.3) is 5.69 Å². The van der Waals surface area contributed by atoms with Crippen LogP contribution in [0.1, 0.15) is 50.7 Å². The number of nitrogens with one attached hydrogen (secondary N) is 1. The third-order valence-corrected chi connectivity index (χ3v) is 7.54. The summed E-state index contributed by atoms with van der Waals surface area (Å²) in [7, 11) is 3.26. The lowest BCUT2D eigenvalue weighted by atomic mass is 9.96. The summed E-state index contributed by atoms with van der Waals surface area (Å²) >= 11 is 5.93. The van der Waals surface area contributed by atoms with Crippen molar-refractivity contribution in [1.29, 1.82) is 0 Å². The number of thiocarbonyl (C=S) groups is 1. The summed E-state index contributed by atoms with van der Waals surface area (Å²) in [6, 6.07) is 18.3. The number of benzene rings is 2. The van der Waals surface area contributed by atoms with Gasteiger partial charge in [0.1, 0.15) is 11.5 Å². The monoisotopic (exact) mass is 542 g/mol. The zero-order chi connectivity index (χ0) is 27.8. The maximum atomic E-state index is 11.8. The molecule has 1 aliphatic heterocycles. The Morgan fingerprint density at radius 1 is 1.00 bits per heavy atom. The van der Waals surface area contributed by atoms with Crippen LogP contribution in [0.4, 0.5) is 5.69 Å². The van der Waals surface area contributed by atoms with Crippen molar-refractivity contribution in [3.8, 4) is 17.2 Å². The molecule has 3 heterocycles. The van der Waals surface area contributed by atoms with E-state index >= 15 is 0 Å². The largest absolute Gasteiger partial charge is 0.497 e. The molecule has 2 N–H and O–H groups in total. The zero-order valence-electron chi connectivity index (χ0n) is 22.4. The van der Waals surface area contributed by atoms with E-state index in [1.54, 1.807) is 32.5 Å². The molecular weight excluding hydrogens is 512 g/mol. The van der Waals surface area contributed by atoms with Crippen molar-refractivity contribution in [1.82, 2.24) is 14.9 Å². The van der Waals surface area contributed by atoms with Gasteiger partial charge in [-0.1, -0.05) is 12.1 Å². The van der Waals surface area contributed by atoms with Crippen LogP contribution in [0.5, 0.6) is 11.5 Å². The van der Waals surface area contributed by atoms with E-state index in [9.17, 15) is 9.90 Å². The SMILES string of the molecule is COc1ccc(OC)c(N2C(=S)N[C@@H](c3ccccn3)[C@@H]2c2cc(C)n(-c3cc(C(=O)O)ccc3C)c2C)c1. The summed E-state index contributed by atoms with van der Waals surface area (Å²) in [5, 5.41) is 13.7. The zero-order valence-corrected chi connectivity index (χ0v) is 23.2. The first-order chi connectivity index (χ1) is 18.7. The molecule has 1 aliphatic rings. The molecule has 0 aliphatic carbocycles. The highest BCUT2D eigenvalue weighted by Gasteiger charge is 2.43. The van der Waals surface area contributed by atoms with Crippen LogP contribution >= 0.6 is 12.2 Å². The molecule has 0 spiro atoms. The Kier molecular flexibility index (Phi) is 7.01. The molecule has 9 heteroatoms. The van der Waals surface area contributed by atoms with Gasteiger partial charge in [0.05, 0.1) is 43.2 Å². The minimum Gasteiger partial charge on any atom is -0.497 e. The van der Waals surface area contributed by atoms with E-state index in [1.807, 2.05) is 63.2 Å². The van der Waals surface area contributed by atoms with Crippen molar-refractivity contribution in [2.24, 2.45) is 0 Å². The molecule has 200 valence electrons. The Balaban J connectivity index is 1.73. The third-order valence-electron chi connectivity index (χ3n) is 7.23. The van der Waals surface area contributed by atoms with Crippen LogP contribution in [0, 0.1) is 20.8 Å². The molecule has 0 bridgehead atoms. The van der Waals surface area contributed by atoms with E-state index in [2.05, 4.69) is 25.8 Å². The first-order valence-electron chi connectivity index (χ1n) is 12.5. The van der Waals surface area contributed by atoms with E-state index in [0.29, 0.717) is 16.6 Å². The number of hydrogen-bond acceptors (Lipinski definition) is 5. The van der Waals surface area contributed by atoms with Gasteiger partial charge in [-0.15, -0.1) is 0 Å². The second-order valence-electron chi connectivity index (χ2n) is 9.50. The van der Waals surface area contributed by atoms with Gasteiger partial charge in [-0.05, 0) is 86.6 Å². The number of methoxy groups -OCH3 is 2. The predicted octanol–water partition coefficient (Wildman–Crippen LogP) is 5.69. The molecule has 2 aromatic heterocycles. The summed E-state index contributed by atoms with van der Waals surface area (Å²) in [4.78, 5) is 18.5. The summed E-state index contributed by atoms with van der Waals surface area (Å²) in [5.41, 5.74) is 6.63. The third kappa shape index (κ3) is 4.59. The van der Waals surface area contributed by atoms with Crippen molar-refractivity contribution in [3.63, 3.8) is 0 Å². The summed E-state index contributed by atoms with van der Waals surface area (Å²) in [5.74, 6) is 0.376. The number of nitrogens with zero attached hydrogens (tertiary/aromatic N) is 3. The molecule has 0 amide bonds. The molecule has 8 nitrogen and oxygen atoms in total. The van der Waals surface area contributed by atoms with Crippen molar-refractivity contribution in [2.75, 3.05) is 19.1 Å². The van der Waals surface area contributed by atoms with Crippen LogP contribution in [-0.2, 0) is 0 Å². The number of anilines is 1. The number of aromatic nitrogens is 2. The number of rotatable bonds is 7. The maximum Gasteiger partial charge on any atom is 0.335 e. The average Bonchev–Trinajstić information content (AvgIpc) is 3.43. The number of carboxylic acid groups (broad SMARTS) is 1.